The number of nitrogens with zero attached hydrogens (tertiary/aromatic N) is 2. The molecule has 0 radical (unpaired) electrons. The van der Waals surface area contributed by atoms with E-state index in [1.54, 1.807) is 0 Å². The van der Waals surface area contributed by atoms with Gasteiger partial charge in [0.15, 0.2) is 0 Å². The average molecular weight is 272 g/mol. The van der Waals surface area contributed by atoms with E-state index < -0.39 is 10.2 Å². The van der Waals surface area contributed by atoms with E-state index >= 15 is 0 Å². The standard InChI is InChI=1S/C9H21N3O2S.ClH/c1-3-11(4-2)15(13,14)12-7-5-6-9(10)8-12;/h9H,3-8,10H2,1-2H3;1H. The van der Waals surface area contributed by atoms with Crippen molar-refractivity contribution in [3.63, 3.8) is 0 Å². The molecule has 98 valence electrons. The van der Waals surface area contributed by atoms with Crippen molar-refractivity contribution < 1.29 is 8.42 Å². The number of hydrogen-bond donors (Lipinski definition) is 1. The molecule has 0 spiro atoms. The summed E-state index contributed by atoms with van der Waals surface area (Å²) in [5.41, 5.74) is 5.78. The zero-order valence-electron chi connectivity index (χ0n) is 9.92. The number of piperidine rings is 1. The Labute approximate surface area is 105 Å². The molecule has 7 heteroatoms. The lowest BCUT2D eigenvalue weighted by molar-refractivity contribution is 0.288. The fourth-order valence-corrected chi connectivity index (χ4v) is 3.62. The van der Waals surface area contributed by atoms with Gasteiger partial charge in [-0.1, -0.05) is 13.8 Å². The summed E-state index contributed by atoms with van der Waals surface area (Å²) in [6.07, 6.45) is 1.78. The minimum absolute atomic E-state index is 0. The van der Waals surface area contributed by atoms with Crippen LogP contribution in [-0.2, 0) is 10.2 Å². The summed E-state index contributed by atoms with van der Waals surface area (Å²) in [5.74, 6) is 0. The molecule has 0 amide bonds. The van der Waals surface area contributed by atoms with Crippen molar-refractivity contribution in [2.24, 2.45) is 5.73 Å². The number of nitrogens with two attached hydrogens (primary N) is 1. The molecule has 1 fully saturated rings. The van der Waals surface area contributed by atoms with Crippen molar-refractivity contribution in [3.8, 4) is 0 Å². The number of halogens is 1. The van der Waals surface area contributed by atoms with Crippen LogP contribution < -0.4 is 5.73 Å². The van der Waals surface area contributed by atoms with Gasteiger partial charge in [0, 0.05) is 32.2 Å². The molecule has 1 atom stereocenters. The Morgan fingerprint density at radius 3 is 2.38 bits per heavy atom. The fourth-order valence-electron chi connectivity index (χ4n) is 1.90. The lowest BCUT2D eigenvalue weighted by Gasteiger charge is -2.33. The second-order valence-electron chi connectivity index (χ2n) is 3.85. The van der Waals surface area contributed by atoms with Crippen LogP contribution in [0, 0.1) is 0 Å². The summed E-state index contributed by atoms with van der Waals surface area (Å²) >= 11 is 0. The molecular formula is C9H22ClN3O2S. The molecule has 0 saturated carbocycles. The Bertz CT molecular complexity index is 293. The Hall–Kier alpha value is 0.120. The SMILES string of the molecule is CCN(CC)S(=O)(=O)N1CCCC(N)C1.Cl. The first-order chi connectivity index (χ1) is 7.02. The fraction of sp³-hybridized carbons (Fsp3) is 1.00. The first-order valence-electron chi connectivity index (χ1n) is 5.53. The number of hydrogen-bond acceptors (Lipinski definition) is 3. The van der Waals surface area contributed by atoms with Crippen molar-refractivity contribution >= 4 is 22.6 Å². The molecular weight excluding hydrogens is 250 g/mol. The first kappa shape index (κ1) is 16.1. The van der Waals surface area contributed by atoms with E-state index in [1.807, 2.05) is 13.8 Å². The van der Waals surface area contributed by atoms with Crippen LogP contribution in [0.15, 0.2) is 0 Å². The molecule has 16 heavy (non-hydrogen) atoms. The average Bonchev–Trinajstić information content (AvgIpc) is 2.19. The normalized spacial score (nSPS) is 23.1. The Morgan fingerprint density at radius 2 is 1.94 bits per heavy atom. The van der Waals surface area contributed by atoms with Gasteiger partial charge < -0.3 is 5.73 Å². The third kappa shape index (κ3) is 3.56. The molecule has 2 N–H and O–H groups in total. The molecule has 1 aliphatic rings. The van der Waals surface area contributed by atoms with Gasteiger partial charge in [-0.3, -0.25) is 0 Å². The lowest BCUT2D eigenvalue weighted by Crippen LogP contribution is -2.51. The van der Waals surface area contributed by atoms with Crippen LogP contribution >= 0.6 is 12.4 Å². The Morgan fingerprint density at radius 1 is 1.38 bits per heavy atom. The van der Waals surface area contributed by atoms with E-state index in [0.717, 1.165) is 12.8 Å². The van der Waals surface area contributed by atoms with E-state index in [1.165, 1.54) is 8.61 Å². The van der Waals surface area contributed by atoms with Crippen LogP contribution in [0.2, 0.25) is 0 Å². The Balaban J connectivity index is 0.00000225. The summed E-state index contributed by atoms with van der Waals surface area (Å²) in [4.78, 5) is 0. The van der Waals surface area contributed by atoms with Gasteiger partial charge in [-0.15, -0.1) is 12.4 Å². The van der Waals surface area contributed by atoms with Gasteiger partial charge >= 0.3 is 0 Å². The monoisotopic (exact) mass is 271 g/mol. The van der Waals surface area contributed by atoms with Crippen molar-refractivity contribution in [2.45, 2.75) is 32.7 Å². The van der Waals surface area contributed by atoms with Crippen molar-refractivity contribution in [2.75, 3.05) is 26.2 Å². The third-order valence-corrected chi connectivity index (χ3v) is 4.93. The smallest absolute Gasteiger partial charge is 0.282 e. The summed E-state index contributed by atoms with van der Waals surface area (Å²) in [7, 11) is -3.27. The molecule has 5 nitrogen and oxygen atoms in total. The first-order valence-corrected chi connectivity index (χ1v) is 6.92. The van der Waals surface area contributed by atoms with Crippen molar-refractivity contribution in [3.05, 3.63) is 0 Å². The molecule has 0 aromatic heterocycles. The molecule has 1 heterocycles. The van der Waals surface area contributed by atoms with Crippen LogP contribution in [0.1, 0.15) is 26.7 Å². The third-order valence-electron chi connectivity index (χ3n) is 2.78. The highest BCUT2D eigenvalue weighted by Gasteiger charge is 2.30. The summed E-state index contributed by atoms with van der Waals surface area (Å²) in [6, 6.07) is -0.0101. The van der Waals surface area contributed by atoms with Crippen molar-refractivity contribution in [1.29, 1.82) is 0 Å². The van der Waals surface area contributed by atoms with Crippen LogP contribution in [-0.4, -0.2) is 49.2 Å². The second kappa shape index (κ2) is 6.76. The van der Waals surface area contributed by atoms with E-state index in [-0.39, 0.29) is 18.4 Å². The lowest BCUT2D eigenvalue weighted by atomic mass is 10.1. The molecule has 0 aliphatic carbocycles. The van der Waals surface area contributed by atoms with Gasteiger partial charge in [0.25, 0.3) is 10.2 Å². The van der Waals surface area contributed by atoms with Gasteiger partial charge in [0.05, 0.1) is 0 Å². The predicted molar refractivity (Wildman–Crippen MR) is 67.9 cm³/mol. The van der Waals surface area contributed by atoms with Crippen molar-refractivity contribution in [1.82, 2.24) is 8.61 Å². The van der Waals surface area contributed by atoms with E-state index in [9.17, 15) is 8.42 Å². The van der Waals surface area contributed by atoms with Gasteiger partial charge in [0.1, 0.15) is 0 Å². The molecule has 0 aromatic rings. The van der Waals surface area contributed by atoms with E-state index in [2.05, 4.69) is 0 Å². The van der Waals surface area contributed by atoms with Gasteiger partial charge in [0.2, 0.25) is 0 Å². The minimum atomic E-state index is -3.27. The summed E-state index contributed by atoms with van der Waals surface area (Å²) in [5, 5.41) is 0. The molecule has 1 unspecified atom stereocenters. The second-order valence-corrected chi connectivity index (χ2v) is 5.78. The summed E-state index contributed by atoms with van der Waals surface area (Å²) in [6.45, 7) is 5.80. The Kier molecular flexibility index (Phi) is 6.81. The van der Waals surface area contributed by atoms with E-state index in [0.29, 0.717) is 26.2 Å². The van der Waals surface area contributed by atoms with E-state index in [4.69, 9.17) is 5.73 Å². The highest BCUT2D eigenvalue weighted by molar-refractivity contribution is 7.86. The zero-order valence-corrected chi connectivity index (χ0v) is 11.6. The molecule has 0 bridgehead atoms. The zero-order chi connectivity index (χ0) is 11.5. The van der Waals surface area contributed by atoms with Crippen LogP contribution in [0.3, 0.4) is 0 Å². The van der Waals surface area contributed by atoms with Crippen LogP contribution in [0.5, 0.6) is 0 Å². The highest BCUT2D eigenvalue weighted by atomic mass is 35.5. The highest BCUT2D eigenvalue weighted by Crippen LogP contribution is 2.15. The molecule has 0 aromatic carbocycles. The molecule has 1 rings (SSSR count). The molecule has 1 aliphatic heterocycles. The minimum Gasteiger partial charge on any atom is -0.327 e. The van der Waals surface area contributed by atoms with Gasteiger partial charge in [-0.25, -0.2) is 0 Å². The topological polar surface area (TPSA) is 66.6 Å². The maximum absolute atomic E-state index is 12.1. The largest absolute Gasteiger partial charge is 0.327 e. The quantitative estimate of drug-likeness (QED) is 0.806. The maximum atomic E-state index is 12.1. The number of rotatable bonds is 4. The van der Waals surface area contributed by atoms with Gasteiger partial charge in [-0.2, -0.15) is 17.0 Å². The summed E-state index contributed by atoms with van der Waals surface area (Å²) < 4.78 is 27.2. The molecule has 1 saturated heterocycles. The maximum Gasteiger partial charge on any atom is 0.282 e. The van der Waals surface area contributed by atoms with Gasteiger partial charge in [-0.05, 0) is 12.8 Å². The predicted octanol–water partition coefficient (Wildman–Crippen LogP) is 0.418. The van der Waals surface area contributed by atoms with Crippen LogP contribution in [0.25, 0.3) is 0 Å². The van der Waals surface area contributed by atoms with Crippen LogP contribution in [0.4, 0.5) is 0 Å².